The van der Waals surface area contributed by atoms with Gasteiger partial charge in [-0.1, -0.05) is 0 Å². The Morgan fingerprint density at radius 1 is 1.26 bits per heavy atom. The van der Waals surface area contributed by atoms with Gasteiger partial charge >= 0.3 is 0 Å². The number of nitro benzene ring substituents is 1. The molecule has 98 valence electrons. The van der Waals surface area contributed by atoms with E-state index >= 15 is 0 Å². The van der Waals surface area contributed by atoms with Gasteiger partial charge in [0.2, 0.25) is 0 Å². The van der Waals surface area contributed by atoms with E-state index < -0.39 is 4.92 Å². The van der Waals surface area contributed by atoms with Crippen molar-refractivity contribution in [2.24, 2.45) is 0 Å². The van der Waals surface area contributed by atoms with Gasteiger partial charge in [0.15, 0.2) is 0 Å². The molecule has 0 aliphatic carbocycles. The minimum absolute atomic E-state index is 0.0802. The first-order valence-electron chi connectivity index (χ1n) is 5.23. The lowest BCUT2D eigenvalue weighted by molar-refractivity contribution is -0.384. The van der Waals surface area contributed by atoms with E-state index in [0.717, 1.165) is 0 Å². The van der Waals surface area contributed by atoms with Crippen molar-refractivity contribution >= 4 is 38.7 Å². The van der Waals surface area contributed by atoms with Gasteiger partial charge < -0.3 is 11.1 Å². The summed E-state index contributed by atoms with van der Waals surface area (Å²) in [6.45, 7) is 0. The first-order chi connectivity index (χ1) is 8.97. The third-order valence-corrected chi connectivity index (χ3v) is 3.05. The van der Waals surface area contributed by atoms with E-state index in [-0.39, 0.29) is 17.2 Å². The van der Waals surface area contributed by atoms with Crippen molar-refractivity contribution in [2.75, 3.05) is 11.1 Å². The monoisotopic (exact) mass is 325 g/mol. The summed E-state index contributed by atoms with van der Waals surface area (Å²) < 4.78 is 13.4. The molecule has 2 rings (SSSR count). The molecule has 0 aliphatic heterocycles. The van der Waals surface area contributed by atoms with E-state index in [0.29, 0.717) is 15.8 Å². The SMILES string of the molecule is Nc1cc([N+](=O)[O-])ccc1Nc1ccc(F)c(Br)c1. The van der Waals surface area contributed by atoms with Crippen molar-refractivity contribution in [2.45, 2.75) is 0 Å². The number of hydrogen-bond donors (Lipinski definition) is 2. The van der Waals surface area contributed by atoms with E-state index in [1.807, 2.05) is 0 Å². The minimum atomic E-state index is -0.519. The lowest BCUT2D eigenvalue weighted by Crippen LogP contribution is -1.98. The van der Waals surface area contributed by atoms with Crippen LogP contribution < -0.4 is 11.1 Å². The van der Waals surface area contributed by atoms with E-state index in [9.17, 15) is 14.5 Å². The highest BCUT2D eigenvalue weighted by Crippen LogP contribution is 2.28. The van der Waals surface area contributed by atoms with Gasteiger partial charge in [-0.05, 0) is 40.2 Å². The zero-order valence-corrected chi connectivity index (χ0v) is 11.1. The van der Waals surface area contributed by atoms with Crippen LogP contribution in [0, 0.1) is 15.9 Å². The molecule has 0 radical (unpaired) electrons. The summed E-state index contributed by atoms with van der Waals surface area (Å²) in [5.41, 5.74) is 7.02. The number of nitrogens with one attached hydrogen (secondary N) is 1. The third kappa shape index (κ3) is 3.00. The normalized spacial score (nSPS) is 10.2. The molecule has 0 aromatic heterocycles. The second-order valence-corrected chi connectivity index (χ2v) is 4.64. The number of rotatable bonds is 3. The maximum Gasteiger partial charge on any atom is 0.271 e. The molecule has 2 aromatic carbocycles. The maximum absolute atomic E-state index is 13.1. The number of anilines is 3. The second-order valence-electron chi connectivity index (χ2n) is 3.78. The Morgan fingerprint density at radius 3 is 2.58 bits per heavy atom. The predicted octanol–water partition coefficient (Wildman–Crippen LogP) is 3.82. The topological polar surface area (TPSA) is 81.2 Å². The van der Waals surface area contributed by atoms with Crippen molar-refractivity contribution in [3.63, 3.8) is 0 Å². The fourth-order valence-corrected chi connectivity index (χ4v) is 1.89. The zero-order valence-electron chi connectivity index (χ0n) is 9.56. The molecule has 2 aromatic rings. The van der Waals surface area contributed by atoms with Gasteiger partial charge in [-0.2, -0.15) is 0 Å². The number of nitrogen functional groups attached to an aromatic ring is 1. The van der Waals surface area contributed by atoms with Gasteiger partial charge in [0.1, 0.15) is 5.82 Å². The van der Waals surface area contributed by atoms with Crippen molar-refractivity contribution < 1.29 is 9.31 Å². The average molecular weight is 326 g/mol. The predicted molar refractivity (Wildman–Crippen MR) is 74.9 cm³/mol. The van der Waals surface area contributed by atoms with E-state index in [1.165, 1.54) is 24.3 Å². The molecule has 0 amide bonds. The minimum Gasteiger partial charge on any atom is -0.397 e. The average Bonchev–Trinajstić information content (AvgIpc) is 2.36. The number of nitrogens with two attached hydrogens (primary N) is 1. The summed E-state index contributed by atoms with van der Waals surface area (Å²) in [5.74, 6) is -0.373. The third-order valence-electron chi connectivity index (χ3n) is 2.44. The Labute approximate surface area is 116 Å². The molecule has 0 unspecified atom stereocenters. The second kappa shape index (κ2) is 5.23. The van der Waals surface area contributed by atoms with Crippen LogP contribution in [0.4, 0.5) is 27.1 Å². The summed E-state index contributed by atoms with van der Waals surface area (Å²) in [7, 11) is 0. The van der Waals surface area contributed by atoms with Crippen LogP contribution in [0.2, 0.25) is 0 Å². The molecule has 5 nitrogen and oxygen atoms in total. The summed E-state index contributed by atoms with van der Waals surface area (Å²) in [6, 6.07) is 8.51. The molecule has 0 fully saturated rings. The van der Waals surface area contributed by atoms with Gasteiger partial charge in [-0.3, -0.25) is 10.1 Å². The molecule has 3 N–H and O–H groups in total. The van der Waals surface area contributed by atoms with Crippen LogP contribution in [0.5, 0.6) is 0 Å². The standard InChI is InChI=1S/C12H9BrFN3O2/c13-9-5-7(1-3-10(9)14)16-12-4-2-8(17(18)19)6-11(12)15/h1-6,16H,15H2. The van der Waals surface area contributed by atoms with Crippen molar-refractivity contribution in [3.8, 4) is 0 Å². The van der Waals surface area contributed by atoms with Gasteiger partial charge in [0.05, 0.1) is 20.8 Å². The number of non-ortho nitro benzene ring substituents is 1. The fourth-order valence-electron chi connectivity index (χ4n) is 1.51. The van der Waals surface area contributed by atoms with Gasteiger partial charge in [0.25, 0.3) is 5.69 Å². The summed E-state index contributed by atoms with van der Waals surface area (Å²) in [5, 5.41) is 13.5. The Kier molecular flexibility index (Phi) is 3.66. The molecule has 0 saturated carbocycles. The Bertz CT molecular complexity index is 649. The van der Waals surface area contributed by atoms with Crippen molar-refractivity contribution in [1.29, 1.82) is 0 Å². The molecule has 0 saturated heterocycles. The van der Waals surface area contributed by atoms with Crippen LogP contribution >= 0.6 is 15.9 Å². The Hall–Kier alpha value is -2.15. The largest absolute Gasteiger partial charge is 0.397 e. The van der Waals surface area contributed by atoms with Gasteiger partial charge in [-0.15, -0.1) is 0 Å². The smallest absolute Gasteiger partial charge is 0.271 e. The lowest BCUT2D eigenvalue weighted by Gasteiger charge is -2.09. The number of halogens is 2. The number of nitrogens with zero attached hydrogens (tertiary/aromatic N) is 1. The number of benzene rings is 2. The van der Waals surface area contributed by atoms with Crippen molar-refractivity contribution in [1.82, 2.24) is 0 Å². The maximum atomic E-state index is 13.1. The molecule has 0 bridgehead atoms. The summed E-state index contributed by atoms with van der Waals surface area (Å²) in [6.07, 6.45) is 0. The van der Waals surface area contributed by atoms with E-state index in [1.54, 1.807) is 12.1 Å². The summed E-state index contributed by atoms with van der Waals surface area (Å²) >= 11 is 3.07. The first-order valence-corrected chi connectivity index (χ1v) is 6.02. The molecule has 7 heteroatoms. The van der Waals surface area contributed by atoms with Crippen LogP contribution in [0.25, 0.3) is 0 Å². The molecule has 0 spiro atoms. The van der Waals surface area contributed by atoms with Gasteiger partial charge in [-0.25, -0.2) is 4.39 Å². The van der Waals surface area contributed by atoms with Crippen LogP contribution in [-0.2, 0) is 0 Å². The highest BCUT2D eigenvalue weighted by Gasteiger charge is 2.09. The van der Waals surface area contributed by atoms with Crippen LogP contribution in [0.3, 0.4) is 0 Å². The molecule has 0 aliphatic rings. The molecular weight excluding hydrogens is 317 g/mol. The highest BCUT2D eigenvalue weighted by molar-refractivity contribution is 9.10. The van der Waals surface area contributed by atoms with E-state index in [4.69, 9.17) is 5.73 Å². The molecule has 0 heterocycles. The quantitative estimate of drug-likeness (QED) is 0.510. The van der Waals surface area contributed by atoms with E-state index in [2.05, 4.69) is 21.2 Å². The van der Waals surface area contributed by atoms with Gasteiger partial charge in [0, 0.05) is 17.8 Å². The molecule has 19 heavy (non-hydrogen) atoms. The Morgan fingerprint density at radius 2 is 2.00 bits per heavy atom. The fraction of sp³-hybridized carbons (Fsp3) is 0. The molecule has 0 atom stereocenters. The number of hydrogen-bond acceptors (Lipinski definition) is 4. The van der Waals surface area contributed by atoms with Crippen LogP contribution in [-0.4, -0.2) is 4.92 Å². The highest BCUT2D eigenvalue weighted by atomic mass is 79.9. The Balaban J connectivity index is 2.28. The lowest BCUT2D eigenvalue weighted by atomic mass is 10.2. The summed E-state index contributed by atoms with van der Waals surface area (Å²) in [4.78, 5) is 10.1. The molecular formula is C12H9BrFN3O2. The van der Waals surface area contributed by atoms with Crippen LogP contribution in [0.1, 0.15) is 0 Å². The van der Waals surface area contributed by atoms with Crippen LogP contribution in [0.15, 0.2) is 40.9 Å². The van der Waals surface area contributed by atoms with Crippen molar-refractivity contribution in [3.05, 3.63) is 56.8 Å². The first kappa shape index (κ1) is 13.3. The zero-order chi connectivity index (χ0) is 14.0. The number of nitro groups is 1.